The van der Waals surface area contributed by atoms with Gasteiger partial charge in [-0.1, -0.05) is 121 Å². The SMILES string of the molecule is N=C(/C=C(\Nc1ccc(-c2c3ccccc3c(-c3ccc(-n4nc(-c5cccc(F)c5)cc4-c4cccc(F)c4)cc3)c3ccccc23)cc1)c1cccc(F)c1)c1cccc(F)c1. The molecule has 1 aromatic heterocycles. The number of anilines is 1. The summed E-state index contributed by atoms with van der Waals surface area (Å²) in [6, 6.07) is 59.3. The van der Waals surface area contributed by atoms with E-state index in [2.05, 4.69) is 41.7 Å². The van der Waals surface area contributed by atoms with Crippen LogP contribution in [0, 0.1) is 28.7 Å². The summed E-state index contributed by atoms with van der Waals surface area (Å²) < 4.78 is 59.1. The lowest BCUT2D eigenvalue weighted by Gasteiger charge is -2.18. The van der Waals surface area contributed by atoms with Crippen LogP contribution < -0.4 is 5.32 Å². The highest BCUT2D eigenvalue weighted by atomic mass is 19.1. The highest BCUT2D eigenvalue weighted by molar-refractivity contribution is 6.21. The Morgan fingerprint density at radius 3 is 1.47 bits per heavy atom. The van der Waals surface area contributed by atoms with E-state index in [1.807, 2.05) is 72.8 Å². The van der Waals surface area contributed by atoms with Gasteiger partial charge in [-0.2, -0.15) is 5.10 Å². The van der Waals surface area contributed by atoms with E-state index in [4.69, 9.17) is 10.5 Å². The van der Waals surface area contributed by atoms with Gasteiger partial charge >= 0.3 is 0 Å². The van der Waals surface area contributed by atoms with Gasteiger partial charge in [-0.05, 0) is 129 Å². The molecule has 2 N–H and O–H groups in total. The van der Waals surface area contributed by atoms with Crippen LogP contribution in [0.4, 0.5) is 23.2 Å². The van der Waals surface area contributed by atoms with Crippen molar-refractivity contribution in [3.63, 3.8) is 0 Å². The predicted molar refractivity (Wildman–Crippen MR) is 251 cm³/mol. The third kappa shape index (κ3) is 7.85. The van der Waals surface area contributed by atoms with Gasteiger partial charge in [-0.15, -0.1) is 0 Å². The van der Waals surface area contributed by atoms with Gasteiger partial charge in [0.25, 0.3) is 0 Å². The fourth-order valence-corrected chi connectivity index (χ4v) is 8.35. The standard InChI is InChI=1S/C56H36F4N4/c57-41-13-5-9-37(29-41)51(61)33-52(38-10-6-14-42(58)30-38)62-45-25-21-35(22-26-45)55-47-17-1-3-19-49(47)56(50-20-4-2-18-48(50)55)36-23-27-46(28-24-36)64-54(40-12-8-16-44(60)32-40)34-53(63-64)39-11-7-15-43(59)31-39/h1-34,61-62H/b52-33-,61-51?. The summed E-state index contributed by atoms with van der Waals surface area (Å²) in [5.41, 5.74) is 9.55. The zero-order valence-electron chi connectivity index (χ0n) is 34.0. The molecule has 308 valence electrons. The Labute approximate surface area is 366 Å². The number of halogens is 4. The fourth-order valence-electron chi connectivity index (χ4n) is 8.35. The van der Waals surface area contributed by atoms with Gasteiger partial charge < -0.3 is 10.7 Å². The number of allylic oxidation sites excluding steroid dienone is 1. The van der Waals surface area contributed by atoms with Crippen LogP contribution in [0.2, 0.25) is 0 Å². The van der Waals surface area contributed by atoms with E-state index in [0.717, 1.165) is 55.2 Å². The van der Waals surface area contributed by atoms with Crippen LogP contribution in [0.15, 0.2) is 206 Å². The van der Waals surface area contributed by atoms with Crippen LogP contribution >= 0.6 is 0 Å². The molecule has 0 saturated heterocycles. The number of rotatable bonds is 10. The molecule has 0 spiro atoms. The quantitative estimate of drug-likeness (QED) is 0.0819. The molecule has 0 aliphatic heterocycles. The Morgan fingerprint density at radius 2 is 0.922 bits per heavy atom. The van der Waals surface area contributed by atoms with Crippen molar-refractivity contribution in [3.8, 4) is 50.5 Å². The fraction of sp³-hybridized carbons (Fsp3) is 0. The first-order valence-corrected chi connectivity index (χ1v) is 20.6. The van der Waals surface area contributed by atoms with Crippen molar-refractivity contribution in [3.05, 3.63) is 241 Å². The van der Waals surface area contributed by atoms with Gasteiger partial charge in [0.1, 0.15) is 23.3 Å². The van der Waals surface area contributed by atoms with Crippen LogP contribution in [0.5, 0.6) is 0 Å². The average Bonchev–Trinajstić information content (AvgIpc) is 3.77. The normalized spacial score (nSPS) is 11.6. The largest absolute Gasteiger partial charge is 0.355 e. The van der Waals surface area contributed by atoms with Gasteiger partial charge in [-0.3, -0.25) is 0 Å². The van der Waals surface area contributed by atoms with Gasteiger partial charge in [0, 0.05) is 33.6 Å². The van der Waals surface area contributed by atoms with Crippen molar-refractivity contribution in [2.75, 3.05) is 5.32 Å². The predicted octanol–water partition coefficient (Wildman–Crippen LogP) is 14.9. The number of nitrogens with one attached hydrogen (secondary N) is 2. The Hall–Kier alpha value is -8.36. The number of hydrogen-bond acceptors (Lipinski definition) is 3. The first-order chi connectivity index (χ1) is 31.3. The minimum absolute atomic E-state index is 0.0700. The molecule has 0 radical (unpaired) electrons. The van der Waals surface area contributed by atoms with E-state index in [0.29, 0.717) is 39.3 Å². The summed E-state index contributed by atoms with van der Waals surface area (Å²) in [7, 11) is 0. The smallest absolute Gasteiger partial charge is 0.123 e. The van der Waals surface area contributed by atoms with Crippen LogP contribution in [-0.4, -0.2) is 15.5 Å². The molecular formula is C56H36F4N4. The first kappa shape index (κ1) is 39.8. The van der Waals surface area contributed by atoms with Crippen molar-refractivity contribution in [2.45, 2.75) is 0 Å². The van der Waals surface area contributed by atoms with Crippen molar-refractivity contribution in [1.29, 1.82) is 5.41 Å². The molecule has 0 saturated carbocycles. The van der Waals surface area contributed by atoms with Crippen LogP contribution in [0.1, 0.15) is 11.1 Å². The zero-order chi connectivity index (χ0) is 43.7. The van der Waals surface area contributed by atoms with Gasteiger partial charge in [0.15, 0.2) is 0 Å². The molecule has 0 bridgehead atoms. The Balaban J connectivity index is 1.03. The number of fused-ring (bicyclic) bond motifs is 2. The molecule has 4 nitrogen and oxygen atoms in total. The van der Waals surface area contributed by atoms with Crippen LogP contribution in [0.25, 0.3) is 77.7 Å². The maximum atomic E-state index is 14.5. The van der Waals surface area contributed by atoms with Crippen LogP contribution in [-0.2, 0) is 0 Å². The number of benzene rings is 9. The number of aromatic nitrogens is 2. The minimum atomic E-state index is -0.446. The second-order valence-electron chi connectivity index (χ2n) is 15.4. The maximum Gasteiger partial charge on any atom is 0.123 e. The minimum Gasteiger partial charge on any atom is -0.355 e. The Morgan fingerprint density at radius 1 is 0.453 bits per heavy atom. The molecule has 8 heteroatoms. The van der Waals surface area contributed by atoms with Gasteiger partial charge in [-0.25, -0.2) is 22.2 Å². The molecule has 10 aromatic rings. The molecule has 0 aliphatic carbocycles. The molecule has 10 rings (SSSR count). The lowest BCUT2D eigenvalue weighted by atomic mass is 9.86. The maximum absolute atomic E-state index is 14.5. The van der Waals surface area contributed by atoms with Crippen molar-refractivity contribution in [2.24, 2.45) is 0 Å². The second-order valence-corrected chi connectivity index (χ2v) is 15.4. The van der Waals surface area contributed by atoms with E-state index < -0.39 is 11.6 Å². The number of hydrogen-bond donors (Lipinski definition) is 2. The molecule has 0 aliphatic rings. The summed E-state index contributed by atoms with van der Waals surface area (Å²) in [6.45, 7) is 0. The molecule has 1 heterocycles. The summed E-state index contributed by atoms with van der Waals surface area (Å²) in [4.78, 5) is 0. The third-order valence-electron chi connectivity index (χ3n) is 11.3. The van der Waals surface area contributed by atoms with E-state index in [-0.39, 0.29) is 17.3 Å². The Bertz CT molecular complexity index is 3370. The lowest BCUT2D eigenvalue weighted by Crippen LogP contribution is -2.04. The molecule has 9 aromatic carbocycles. The summed E-state index contributed by atoms with van der Waals surface area (Å²) in [6.07, 6.45) is 1.58. The Kier molecular flexibility index (Phi) is 10.5. The van der Waals surface area contributed by atoms with Gasteiger partial charge in [0.05, 0.1) is 22.8 Å². The second kappa shape index (κ2) is 16.8. The topological polar surface area (TPSA) is 53.7 Å². The third-order valence-corrected chi connectivity index (χ3v) is 11.3. The first-order valence-electron chi connectivity index (χ1n) is 20.6. The molecule has 0 unspecified atom stereocenters. The summed E-state index contributed by atoms with van der Waals surface area (Å²) in [5, 5.41) is 21.3. The van der Waals surface area contributed by atoms with Crippen molar-refractivity contribution >= 4 is 38.6 Å². The zero-order valence-corrected chi connectivity index (χ0v) is 34.0. The van der Waals surface area contributed by atoms with Crippen molar-refractivity contribution in [1.82, 2.24) is 9.78 Å². The molecular weight excluding hydrogens is 805 g/mol. The molecule has 0 atom stereocenters. The number of nitrogens with zero attached hydrogens (tertiary/aromatic N) is 2. The molecule has 0 fully saturated rings. The van der Waals surface area contributed by atoms with E-state index in [1.165, 1.54) is 48.5 Å². The van der Waals surface area contributed by atoms with E-state index in [9.17, 15) is 17.6 Å². The van der Waals surface area contributed by atoms with E-state index in [1.54, 1.807) is 53.2 Å². The van der Waals surface area contributed by atoms with E-state index >= 15 is 0 Å². The van der Waals surface area contributed by atoms with Crippen LogP contribution in [0.3, 0.4) is 0 Å². The highest BCUT2D eigenvalue weighted by Crippen LogP contribution is 2.44. The highest BCUT2D eigenvalue weighted by Gasteiger charge is 2.19. The summed E-state index contributed by atoms with van der Waals surface area (Å²) >= 11 is 0. The molecule has 64 heavy (non-hydrogen) atoms. The summed E-state index contributed by atoms with van der Waals surface area (Å²) in [5.74, 6) is -1.60. The van der Waals surface area contributed by atoms with Gasteiger partial charge in [0.2, 0.25) is 0 Å². The molecule has 0 amide bonds. The monoisotopic (exact) mass is 840 g/mol. The lowest BCUT2D eigenvalue weighted by molar-refractivity contribution is 0.627. The average molecular weight is 841 g/mol. The van der Waals surface area contributed by atoms with Crippen molar-refractivity contribution < 1.29 is 17.6 Å².